The number of hydrogen-bond donors (Lipinski definition) is 0. The van der Waals surface area contributed by atoms with Crippen LogP contribution in [0, 0.1) is 11.3 Å². The van der Waals surface area contributed by atoms with E-state index < -0.39 is 11.6 Å². The molecule has 5 nitrogen and oxygen atoms in total. The van der Waals surface area contributed by atoms with Crippen molar-refractivity contribution in [2.75, 3.05) is 14.2 Å². The summed E-state index contributed by atoms with van der Waals surface area (Å²) in [7, 11) is 3.17. The zero-order valence-electron chi connectivity index (χ0n) is 14.5. The Balaban J connectivity index is 2.93. The smallest absolute Gasteiger partial charge is 0.162 e. The predicted molar refractivity (Wildman–Crippen MR) is 90.6 cm³/mol. The molecule has 0 aliphatic rings. The lowest BCUT2D eigenvalue weighted by Crippen LogP contribution is -2.27. The Kier molecular flexibility index (Phi) is 7.18. The summed E-state index contributed by atoms with van der Waals surface area (Å²) in [6.07, 6.45) is 0. The summed E-state index contributed by atoms with van der Waals surface area (Å²) in [6.45, 7) is 7.93. The van der Waals surface area contributed by atoms with Crippen molar-refractivity contribution in [1.29, 1.82) is 5.26 Å². The number of rotatable bonds is 8. The predicted octanol–water partition coefficient (Wildman–Crippen LogP) is 4.12. The molecule has 0 aromatic heterocycles. The summed E-state index contributed by atoms with van der Waals surface area (Å²) < 4.78 is 22.7. The standard InChI is InChI=1S/C17H24BrNO4/c1-16(2,20-5)22-10-13-8-15(18)14(7-12(13)9-19)11-23-17(3,4)21-6/h7-8H,10-11H2,1-6H3. The lowest BCUT2D eigenvalue weighted by molar-refractivity contribution is -0.205. The first-order chi connectivity index (χ1) is 10.6. The quantitative estimate of drug-likeness (QED) is 0.629. The second kappa shape index (κ2) is 8.22. The van der Waals surface area contributed by atoms with E-state index in [1.807, 2.05) is 33.8 Å². The first-order valence-electron chi connectivity index (χ1n) is 7.23. The molecule has 0 heterocycles. The molecule has 128 valence electrons. The molecule has 0 saturated heterocycles. The molecule has 0 fully saturated rings. The lowest BCUT2D eigenvalue weighted by atomic mass is 10.1. The molecule has 0 radical (unpaired) electrons. The van der Waals surface area contributed by atoms with Gasteiger partial charge in [-0.05, 0) is 51.0 Å². The Labute approximate surface area is 146 Å². The van der Waals surface area contributed by atoms with Crippen molar-refractivity contribution < 1.29 is 18.9 Å². The molecular weight excluding hydrogens is 362 g/mol. The third-order valence-electron chi connectivity index (χ3n) is 3.53. The Bertz CT molecular complexity index is 579. The highest BCUT2D eigenvalue weighted by atomic mass is 79.9. The van der Waals surface area contributed by atoms with Crippen molar-refractivity contribution in [3.63, 3.8) is 0 Å². The van der Waals surface area contributed by atoms with Crippen molar-refractivity contribution in [2.24, 2.45) is 0 Å². The maximum Gasteiger partial charge on any atom is 0.162 e. The molecule has 0 aliphatic heterocycles. The number of benzene rings is 1. The van der Waals surface area contributed by atoms with Gasteiger partial charge in [-0.25, -0.2) is 0 Å². The van der Waals surface area contributed by atoms with Gasteiger partial charge in [0.15, 0.2) is 11.6 Å². The monoisotopic (exact) mass is 385 g/mol. The molecule has 23 heavy (non-hydrogen) atoms. The SMILES string of the molecule is COC(C)(C)OCc1cc(C#N)c(COC(C)(C)OC)cc1Br. The van der Waals surface area contributed by atoms with Gasteiger partial charge in [0, 0.05) is 18.7 Å². The number of hydrogen-bond acceptors (Lipinski definition) is 5. The molecule has 0 spiro atoms. The van der Waals surface area contributed by atoms with Crippen molar-refractivity contribution in [1.82, 2.24) is 0 Å². The molecule has 1 aromatic carbocycles. The highest BCUT2D eigenvalue weighted by molar-refractivity contribution is 9.10. The number of ether oxygens (including phenoxy) is 4. The number of halogens is 1. The molecule has 0 saturated carbocycles. The van der Waals surface area contributed by atoms with Crippen LogP contribution in [-0.2, 0) is 32.2 Å². The Hall–Kier alpha value is -0.970. The molecule has 0 atom stereocenters. The zero-order valence-corrected chi connectivity index (χ0v) is 16.1. The van der Waals surface area contributed by atoms with E-state index in [1.165, 1.54) is 0 Å². The highest BCUT2D eigenvalue weighted by Crippen LogP contribution is 2.26. The van der Waals surface area contributed by atoms with Crippen molar-refractivity contribution in [2.45, 2.75) is 52.5 Å². The fourth-order valence-electron chi connectivity index (χ4n) is 1.61. The van der Waals surface area contributed by atoms with Crippen LogP contribution >= 0.6 is 15.9 Å². The number of methoxy groups -OCH3 is 2. The van der Waals surface area contributed by atoms with E-state index >= 15 is 0 Å². The van der Waals surface area contributed by atoms with E-state index in [1.54, 1.807) is 20.3 Å². The molecule has 6 heteroatoms. The Morgan fingerprint density at radius 2 is 1.43 bits per heavy atom. The first-order valence-corrected chi connectivity index (χ1v) is 8.03. The minimum Gasteiger partial charge on any atom is -0.354 e. The Morgan fingerprint density at radius 3 is 1.87 bits per heavy atom. The van der Waals surface area contributed by atoms with Gasteiger partial charge in [-0.3, -0.25) is 0 Å². The van der Waals surface area contributed by atoms with Crippen LogP contribution in [0.5, 0.6) is 0 Å². The van der Waals surface area contributed by atoms with E-state index in [0.717, 1.165) is 15.6 Å². The summed E-state index contributed by atoms with van der Waals surface area (Å²) in [5.41, 5.74) is 2.22. The lowest BCUT2D eigenvalue weighted by Gasteiger charge is -2.25. The van der Waals surface area contributed by atoms with Crippen LogP contribution in [0.3, 0.4) is 0 Å². The maximum absolute atomic E-state index is 9.38. The zero-order chi connectivity index (χ0) is 17.7. The molecule has 0 aliphatic carbocycles. The fourth-order valence-corrected chi connectivity index (χ4v) is 2.12. The molecule has 0 N–H and O–H groups in total. The average Bonchev–Trinajstić information content (AvgIpc) is 2.52. The second-order valence-corrected chi connectivity index (χ2v) is 6.85. The van der Waals surface area contributed by atoms with E-state index in [9.17, 15) is 5.26 Å². The molecule has 0 bridgehead atoms. The van der Waals surface area contributed by atoms with Gasteiger partial charge in [-0.1, -0.05) is 15.9 Å². The van der Waals surface area contributed by atoms with Gasteiger partial charge in [0.1, 0.15) is 0 Å². The normalized spacial score (nSPS) is 12.3. The number of nitriles is 1. The summed E-state index contributed by atoms with van der Waals surface area (Å²) >= 11 is 3.52. The average molecular weight is 386 g/mol. The van der Waals surface area contributed by atoms with Crippen LogP contribution in [0.1, 0.15) is 44.4 Å². The third kappa shape index (κ3) is 6.21. The minimum atomic E-state index is -0.705. The number of nitrogens with zero attached hydrogens (tertiary/aromatic N) is 1. The van der Waals surface area contributed by atoms with Gasteiger partial charge in [-0.15, -0.1) is 0 Å². The Morgan fingerprint density at radius 1 is 0.957 bits per heavy atom. The van der Waals surface area contributed by atoms with E-state index in [-0.39, 0.29) is 6.61 Å². The van der Waals surface area contributed by atoms with Crippen LogP contribution in [0.2, 0.25) is 0 Å². The van der Waals surface area contributed by atoms with Crippen LogP contribution in [0.4, 0.5) is 0 Å². The van der Waals surface area contributed by atoms with E-state index in [0.29, 0.717) is 12.2 Å². The molecular formula is C17H24BrNO4. The molecule has 0 amide bonds. The van der Waals surface area contributed by atoms with Gasteiger partial charge < -0.3 is 18.9 Å². The molecule has 1 aromatic rings. The summed E-state index contributed by atoms with van der Waals surface area (Å²) in [4.78, 5) is 0. The van der Waals surface area contributed by atoms with Crippen molar-refractivity contribution in [3.8, 4) is 6.07 Å². The van der Waals surface area contributed by atoms with Crippen LogP contribution in [0.25, 0.3) is 0 Å². The van der Waals surface area contributed by atoms with E-state index in [2.05, 4.69) is 22.0 Å². The van der Waals surface area contributed by atoms with Crippen molar-refractivity contribution in [3.05, 3.63) is 33.3 Å². The summed E-state index contributed by atoms with van der Waals surface area (Å²) in [5, 5.41) is 9.38. The van der Waals surface area contributed by atoms with Gasteiger partial charge in [0.2, 0.25) is 0 Å². The van der Waals surface area contributed by atoms with E-state index in [4.69, 9.17) is 18.9 Å². The third-order valence-corrected chi connectivity index (χ3v) is 4.26. The summed E-state index contributed by atoms with van der Waals surface area (Å²) in [6, 6.07) is 5.88. The largest absolute Gasteiger partial charge is 0.354 e. The van der Waals surface area contributed by atoms with Crippen LogP contribution in [0.15, 0.2) is 16.6 Å². The second-order valence-electron chi connectivity index (χ2n) is 6.00. The van der Waals surface area contributed by atoms with Crippen LogP contribution < -0.4 is 0 Å². The molecule has 1 rings (SSSR count). The minimum absolute atomic E-state index is 0.285. The maximum atomic E-state index is 9.38. The topological polar surface area (TPSA) is 60.7 Å². The van der Waals surface area contributed by atoms with Gasteiger partial charge in [-0.2, -0.15) is 5.26 Å². The van der Waals surface area contributed by atoms with Gasteiger partial charge >= 0.3 is 0 Å². The van der Waals surface area contributed by atoms with Crippen LogP contribution in [-0.4, -0.2) is 25.8 Å². The summed E-state index contributed by atoms with van der Waals surface area (Å²) in [5.74, 6) is -1.39. The highest BCUT2D eigenvalue weighted by Gasteiger charge is 2.20. The van der Waals surface area contributed by atoms with Gasteiger partial charge in [0.25, 0.3) is 0 Å². The molecule has 0 unspecified atom stereocenters. The first kappa shape index (κ1) is 20.1. The fraction of sp³-hybridized carbons (Fsp3) is 0.588. The van der Waals surface area contributed by atoms with Gasteiger partial charge in [0.05, 0.1) is 24.8 Å². The van der Waals surface area contributed by atoms with Crippen molar-refractivity contribution >= 4 is 15.9 Å².